The summed E-state index contributed by atoms with van der Waals surface area (Å²) in [6.45, 7) is 0.397. The minimum Gasteiger partial charge on any atom is -0.364 e. The lowest BCUT2D eigenvalue weighted by Gasteiger charge is -2.14. The first-order chi connectivity index (χ1) is 17.9. The Morgan fingerprint density at radius 2 is 1.68 bits per heavy atom. The van der Waals surface area contributed by atoms with Crippen LogP contribution in [0.5, 0.6) is 0 Å². The van der Waals surface area contributed by atoms with Crippen LogP contribution in [0.15, 0.2) is 91.4 Å². The number of aromatic nitrogens is 4. The van der Waals surface area contributed by atoms with Gasteiger partial charge in [0.2, 0.25) is 5.78 Å². The van der Waals surface area contributed by atoms with Crippen LogP contribution < -0.4 is 5.32 Å². The minimum atomic E-state index is -4.91. The lowest BCUT2D eigenvalue weighted by Crippen LogP contribution is -2.24. The summed E-state index contributed by atoms with van der Waals surface area (Å²) in [5.41, 5.74) is 3.90. The maximum Gasteiger partial charge on any atom is 0.450 e. The molecule has 0 aliphatic heterocycles. The van der Waals surface area contributed by atoms with Crippen LogP contribution in [0.4, 0.5) is 19.0 Å². The van der Waals surface area contributed by atoms with Crippen molar-refractivity contribution in [2.45, 2.75) is 19.1 Å². The smallest absolute Gasteiger partial charge is 0.364 e. The number of alkyl halides is 3. The highest BCUT2D eigenvalue weighted by Gasteiger charge is 2.37. The van der Waals surface area contributed by atoms with Crippen molar-refractivity contribution in [3.8, 4) is 22.5 Å². The number of ketones is 1. The van der Waals surface area contributed by atoms with E-state index in [1.165, 1.54) is 18.5 Å². The molecular formula is C28H20F3N5O. The third kappa shape index (κ3) is 5.45. The summed E-state index contributed by atoms with van der Waals surface area (Å²) in [5, 5.41) is 4.15. The summed E-state index contributed by atoms with van der Waals surface area (Å²) >= 11 is 0. The highest BCUT2D eigenvalue weighted by molar-refractivity contribution is 6.02. The maximum absolute atomic E-state index is 12.8. The molecule has 0 radical (unpaired) electrons. The fourth-order valence-electron chi connectivity index (χ4n) is 3.97. The molecule has 3 aromatic heterocycles. The number of pyridine rings is 2. The number of fused-ring (bicyclic) bond motifs is 1. The van der Waals surface area contributed by atoms with Gasteiger partial charge in [-0.2, -0.15) is 13.2 Å². The average Bonchev–Trinajstić information content (AvgIpc) is 2.92. The fourth-order valence-corrected chi connectivity index (χ4v) is 3.97. The molecule has 37 heavy (non-hydrogen) atoms. The van der Waals surface area contributed by atoms with E-state index in [0.29, 0.717) is 23.4 Å². The third-order valence-corrected chi connectivity index (χ3v) is 5.71. The Bertz CT molecular complexity index is 1560. The Morgan fingerprint density at radius 3 is 2.43 bits per heavy atom. The summed E-state index contributed by atoms with van der Waals surface area (Å²) in [6.07, 6.45) is -1.31. The van der Waals surface area contributed by atoms with Crippen LogP contribution in [0.3, 0.4) is 0 Å². The molecule has 0 aliphatic carbocycles. The molecule has 0 spiro atoms. The topological polar surface area (TPSA) is 80.7 Å². The zero-order valence-corrected chi connectivity index (χ0v) is 19.4. The van der Waals surface area contributed by atoms with E-state index in [-0.39, 0.29) is 11.4 Å². The number of nitrogens with one attached hydrogen (secondary N) is 1. The van der Waals surface area contributed by atoms with Crippen LogP contribution in [0.25, 0.3) is 33.4 Å². The lowest BCUT2D eigenvalue weighted by atomic mass is 10.0. The number of rotatable bonds is 7. The van der Waals surface area contributed by atoms with Crippen molar-refractivity contribution >= 4 is 22.5 Å². The molecule has 1 N–H and O–H groups in total. The normalized spacial score (nSPS) is 11.4. The average molecular weight is 499 g/mol. The van der Waals surface area contributed by atoms with Gasteiger partial charge in [-0.1, -0.05) is 48.5 Å². The van der Waals surface area contributed by atoms with Gasteiger partial charge in [0.15, 0.2) is 5.82 Å². The third-order valence-electron chi connectivity index (χ3n) is 5.71. The number of carbonyl (C=O) groups is 1. The van der Waals surface area contributed by atoms with Gasteiger partial charge in [-0.3, -0.25) is 14.8 Å². The molecule has 5 aromatic rings. The van der Waals surface area contributed by atoms with E-state index in [4.69, 9.17) is 9.97 Å². The molecule has 6 nitrogen and oxygen atoms in total. The highest BCUT2D eigenvalue weighted by Crippen LogP contribution is 2.34. The molecule has 0 bridgehead atoms. The van der Waals surface area contributed by atoms with Crippen LogP contribution in [0, 0.1) is 0 Å². The minimum absolute atomic E-state index is 0.129. The van der Waals surface area contributed by atoms with Crippen LogP contribution >= 0.6 is 0 Å². The summed E-state index contributed by atoms with van der Waals surface area (Å²) in [6, 6.07) is 22.6. The number of hydrogen-bond acceptors (Lipinski definition) is 6. The van der Waals surface area contributed by atoms with E-state index < -0.39 is 18.4 Å². The molecule has 5 rings (SSSR count). The Morgan fingerprint density at radius 1 is 0.865 bits per heavy atom. The number of Topliss-reactive ketones (excluding diaryl/α,β-unsaturated/α-hetero) is 1. The van der Waals surface area contributed by atoms with Gasteiger partial charge in [-0.05, 0) is 41.0 Å². The van der Waals surface area contributed by atoms with Crippen molar-refractivity contribution in [1.29, 1.82) is 0 Å². The van der Waals surface area contributed by atoms with Crippen LogP contribution in [-0.2, 0) is 17.8 Å². The van der Waals surface area contributed by atoms with E-state index in [2.05, 4.69) is 15.3 Å². The first-order valence-corrected chi connectivity index (χ1v) is 11.4. The van der Waals surface area contributed by atoms with Gasteiger partial charge in [0, 0.05) is 30.6 Å². The summed E-state index contributed by atoms with van der Waals surface area (Å²) in [7, 11) is 0. The van der Waals surface area contributed by atoms with Crippen molar-refractivity contribution in [3.63, 3.8) is 0 Å². The van der Waals surface area contributed by atoms with Gasteiger partial charge in [0.1, 0.15) is 5.82 Å². The standard InChI is InChI=1S/C28H20F3N5O/c29-28(30,31)24(37)14-18-13-20(16-32-15-18)26-35-23-11-6-10-22(19-7-2-1-3-8-19)25(23)27(36-26)34-17-21-9-4-5-12-33-21/h1-13,15-16H,14,17H2,(H,34,35,36). The van der Waals surface area contributed by atoms with Crippen molar-refractivity contribution in [1.82, 2.24) is 19.9 Å². The quantitative estimate of drug-likeness (QED) is 0.294. The van der Waals surface area contributed by atoms with Crippen molar-refractivity contribution < 1.29 is 18.0 Å². The van der Waals surface area contributed by atoms with Crippen LogP contribution in [0.1, 0.15) is 11.3 Å². The summed E-state index contributed by atoms with van der Waals surface area (Å²) < 4.78 is 38.3. The predicted octanol–water partition coefficient (Wildman–Crippen LogP) is 6.04. The summed E-state index contributed by atoms with van der Waals surface area (Å²) in [4.78, 5) is 29.3. The molecule has 184 valence electrons. The predicted molar refractivity (Wildman–Crippen MR) is 135 cm³/mol. The van der Waals surface area contributed by atoms with Crippen LogP contribution in [-0.4, -0.2) is 31.9 Å². The number of anilines is 1. The zero-order valence-electron chi connectivity index (χ0n) is 19.4. The van der Waals surface area contributed by atoms with Gasteiger partial charge < -0.3 is 5.32 Å². The number of halogens is 3. The number of benzene rings is 2. The van der Waals surface area contributed by atoms with Crippen molar-refractivity contribution in [3.05, 3.63) is 103 Å². The molecule has 0 saturated carbocycles. The lowest BCUT2D eigenvalue weighted by molar-refractivity contribution is -0.170. The molecular weight excluding hydrogens is 479 g/mol. The van der Waals surface area contributed by atoms with E-state index in [1.54, 1.807) is 6.20 Å². The van der Waals surface area contributed by atoms with Gasteiger partial charge in [0.05, 0.1) is 23.1 Å². The summed E-state index contributed by atoms with van der Waals surface area (Å²) in [5.74, 6) is -1.02. The van der Waals surface area contributed by atoms with Gasteiger partial charge in [-0.25, -0.2) is 9.97 Å². The Balaban J connectivity index is 1.60. The van der Waals surface area contributed by atoms with E-state index >= 15 is 0 Å². The number of nitrogens with zero attached hydrogens (tertiary/aromatic N) is 4. The largest absolute Gasteiger partial charge is 0.450 e. The molecule has 0 fully saturated rings. The molecule has 0 amide bonds. The van der Waals surface area contributed by atoms with E-state index in [1.807, 2.05) is 66.7 Å². The van der Waals surface area contributed by atoms with Gasteiger partial charge >= 0.3 is 6.18 Å². The van der Waals surface area contributed by atoms with Gasteiger partial charge in [-0.15, -0.1) is 0 Å². The first-order valence-electron chi connectivity index (χ1n) is 11.4. The molecule has 2 aromatic carbocycles. The zero-order chi connectivity index (χ0) is 25.8. The highest BCUT2D eigenvalue weighted by atomic mass is 19.4. The number of carbonyl (C=O) groups excluding carboxylic acids is 1. The Kier molecular flexibility index (Phi) is 6.59. The Labute approximate surface area is 210 Å². The van der Waals surface area contributed by atoms with Crippen LogP contribution in [0.2, 0.25) is 0 Å². The molecule has 0 atom stereocenters. The maximum atomic E-state index is 12.8. The first kappa shape index (κ1) is 24.1. The second-order valence-electron chi connectivity index (χ2n) is 8.32. The van der Waals surface area contributed by atoms with Crippen molar-refractivity contribution in [2.24, 2.45) is 0 Å². The molecule has 0 saturated heterocycles. The van der Waals surface area contributed by atoms with E-state index in [9.17, 15) is 18.0 Å². The second-order valence-corrected chi connectivity index (χ2v) is 8.32. The fraction of sp³-hybridized carbons (Fsp3) is 0.107. The number of hydrogen-bond donors (Lipinski definition) is 1. The Hall–Kier alpha value is -4.66. The van der Waals surface area contributed by atoms with Gasteiger partial charge in [0.25, 0.3) is 0 Å². The second kappa shape index (κ2) is 10.1. The molecule has 0 unspecified atom stereocenters. The molecule has 9 heteroatoms. The van der Waals surface area contributed by atoms with E-state index in [0.717, 1.165) is 22.2 Å². The van der Waals surface area contributed by atoms with Crippen molar-refractivity contribution in [2.75, 3.05) is 5.32 Å². The monoisotopic (exact) mass is 499 g/mol. The molecule has 0 aliphatic rings. The molecule has 3 heterocycles. The SMILES string of the molecule is O=C(Cc1cncc(-c2nc(NCc3ccccn3)c3c(-c4ccccc4)cccc3n2)c1)C(F)(F)F.